The Bertz CT molecular complexity index is 1330. The molecular weight excluding hydrogens is 724 g/mol. The van der Waals surface area contributed by atoms with Gasteiger partial charge in [0, 0.05) is 19.2 Å². The van der Waals surface area contributed by atoms with Gasteiger partial charge < -0.3 is 4.90 Å². The number of halogens is 2. The van der Waals surface area contributed by atoms with Gasteiger partial charge in [0.2, 0.25) is 0 Å². The topological polar surface area (TPSA) is 35.9 Å². The van der Waals surface area contributed by atoms with Crippen LogP contribution in [0.15, 0.2) is 73.4 Å². The summed E-state index contributed by atoms with van der Waals surface area (Å²) >= 11 is 13.6. The lowest BCUT2D eigenvalue weighted by Gasteiger charge is -2.32. The predicted molar refractivity (Wildman–Crippen MR) is 162 cm³/mol. The molecule has 0 bridgehead atoms. The van der Waals surface area contributed by atoms with Gasteiger partial charge in [-0.2, -0.15) is 5.10 Å². The SMILES string of the molecule is CCN1/C(=C2/SC(c3ccc(I)cc3)=NN2c2ccc(I)cc2)C(=S)Sc2ssc(=O)c21. The van der Waals surface area contributed by atoms with Crippen LogP contribution in [0.5, 0.6) is 0 Å². The molecule has 0 unspecified atom stereocenters. The van der Waals surface area contributed by atoms with Crippen LogP contribution in [0.4, 0.5) is 11.4 Å². The number of hydrogen-bond acceptors (Lipinski definition) is 9. The Morgan fingerprint density at radius 1 is 0.969 bits per heavy atom. The van der Waals surface area contributed by atoms with E-state index in [1.807, 2.05) is 5.01 Å². The molecule has 11 heteroatoms. The summed E-state index contributed by atoms with van der Waals surface area (Å²) in [6.07, 6.45) is 0. The van der Waals surface area contributed by atoms with E-state index in [1.54, 1.807) is 11.8 Å². The Labute approximate surface area is 233 Å². The first-order chi connectivity index (χ1) is 15.5. The largest absolute Gasteiger partial charge is 0.332 e. The molecule has 0 N–H and O–H groups in total. The standard InChI is InChI=1S/C21H13I2N3OS5/c1-2-25-15(20(28)30-21-16(25)19(27)31-32-21)18-26(14-9-7-13(23)8-10-14)24-17(29-18)11-3-5-12(22)6-4-11/h3-10H,2H2,1H3/b18-15+. The third kappa shape index (κ3) is 4.33. The highest BCUT2D eigenvalue weighted by atomic mass is 127. The number of benzene rings is 2. The van der Waals surface area contributed by atoms with E-state index in [0.717, 1.165) is 44.7 Å². The fourth-order valence-corrected chi connectivity index (χ4v) is 9.42. The van der Waals surface area contributed by atoms with Crippen LogP contribution < -0.4 is 14.7 Å². The summed E-state index contributed by atoms with van der Waals surface area (Å²) in [4.78, 5) is 14.7. The summed E-state index contributed by atoms with van der Waals surface area (Å²) in [6, 6.07) is 16.6. The van der Waals surface area contributed by atoms with Gasteiger partial charge in [-0.25, -0.2) is 5.01 Å². The first kappa shape index (κ1) is 23.3. The molecule has 3 heterocycles. The number of anilines is 2. The number of rotatable bonds is 3. The zero-order valence-electron chi connectivity index (χ0n) is 16.4. The van der Waals surface area contributed by atoms with Crippen molar-refractivity contribution in [2.45, 2.75) is 11.1 Å². The summed E-state index contributed by atoms with van der Waals surface area (Å²) < 4.78 is 4.18. The van der Waals surface area contributed by atoms with Crippen LogP contribution in [0.25, 0.3) is 0 Å². The Hall–Kier alpha value is -0.450. The normalized spacial score (nSPS) is 18.2. The average molecular weight is 737 g/mol. The highest BCUT2D eigenvalue weighted by Gasteiger charge is 2.37. The van der Waals surface area contributed by atoms with Gasteiger partial charge in [0.1, 0.15) is 24.2 Å². The van der Waals surface area contributed by atoms with Crippen molar-refractivity contribution in [2.75, 3.05) is 16.5 Å². The van der Waals surface area contributed by atoms with E-state index in [2.05, 4.69) is 106 Å². The Kier molecular flexibility index (Phi) is 7.03. The quantitative estimate of drug-likeness (QED) is 0.121. The highest BCUT2D eigenvalue weighted by Crippen LogP contribution is 2.48. The van der Waals surface area contributed by atoms with Crippen molar-refractivity contribution in [1.82, 2.24) is 0 Å². The van der Waals surface area contributed by atoms with Gasteiger partial charge in [0.05, 0.1) is 11.4 Å². The minimum Gasteiger partial charge on any atom is -0.332 e. The van der Waals surface area contributed by atoms with Crippen LogP contribution in [0.1, 0.15) is 12.5 Å². The molecule has 0 atom stereocenters. The number of hydrogen-bond donors (Lipinski definition) is 0. The number of thiocarbonyl (C=S) groups is 1. The molecule has 162 valence electrons. The second-order valence-corrected chi connectivity index (χ2v) is 14.2. The summed E-state index contributed by atoms with van der Waals surface area (Å²) in [5.41, 5.74) is 3.65. The van der Waals surface area contributed by atoms with Crippen molar-refractivity contribution < 1.29 is 0 Å². The molecule has 32 heavy (non-hydrogen) atoms. The van der Waals surface area contributed by atoms with Crippen molar-refractivity contribution >= 4 is 122 Å². The fraction of sp³-hybridized carbons (Fsp3) is 0.0952. The maximum absolute atomic E-state index is 12.7. The second-order valence-electron chi connectivity index (χ2n) is 6.68. The van der Waals surface area contributed by atoms with Gasteiger partial charge in [0.25, 0.3) is 4.74 Å². The minimum atomic E-state index is 0.0857. The van der Waals surface area contributed by atoms with Crippen LogP contribution in [-0.2, 0) is 0 Å². The number of nitrogens with zero attached hydrogens (tertiary/aromatic N) is 3. The van der Waals surface area contributed by atoms with Gasteiger partial charge in [-0.05, 0) is 111 Å². The van der Waals surface area contributed by atoms with Gasteiger partial charge in [-0.3, -0.25) is 4.79 Å². The van der Waals surface area contributed by atoms with Crippen LogP contribution in [0, 0.1) is 7.14 Å². The summed E-state index contributed by atoms with van der Waals surface area (Å²) in [5.74, 6) is 0. The lowest BCUT2D eigenvalue weighted by Crippen LogP contribution is -2.34. The van der Waals surface area contributed by atoms with Crippen molar-refractivity contribution in [1.29, 1.82) is 0 Å². The van der Waals surface area contributed by atoms with Crippen molar-refractivity contribution in [3.63, 3.8) is 0 Å². The summed E-state index contributed by atoms with van der Waals surface area (Å²) in [7, 11) is 2.78. The molecule has 0 saturated carbocycles. The van der Waals surface area contributed by atoms with Gasteiger partial charge >= 0.3 is 0 Å². The number of fused-ring (bicyclic) bond motifs is 1. The third-order valence-electron chi connectivity index (χ3n) is 4.76. The van der Waals surface area contributed by atoms with Crippen LogP contribution in [0.2, 0.25) is 0 Å². The molecule has 0 amide bonds. The molecule has 0 saturated heterocycles. The smallest absolute Gasteiger partial charge is 0.267 e. The molecule has 2 aliphatic heterocycles. The van der Waals surface area contributed by atoms with Crippen LogP contribution in [-0.4, -0.2) is 15.8 Å². The van der Waals surface area contributed by atoms with Gasteiger partial charge in [-0.1, -0.05) is 46.5 Å². The summed E-state index contributed by atoms with van der Waals surface area (Å²) in [6.45, 7) is 2.71. The number of hydrazone groups is 1. The lowest BCUT2D eigenvalue weighted by molar-refractivity contribution is 0.956. The van der Waals surface area contributed by atoms with E-state index in [0.29, 0.717) is 6.54 Å². The third-order valence-corrected chi connectivity index (χ3v) is 11.3. The zero-order valence-corrected chi connectivity index (χ0v) is 24.8. The lowest BCUT2D eigenvalue weighted by atomic mass is 10.2. The molecule has 0 fully saturated rings. The molecule has 2 aliphatic rings. The van der Waals surface area contributed by atoms with E-state index < -0.39 is 0 Å². The van der Waals surface area contributed by atoms with E-state index in [-0.39, 0.29) is 4.74 Å². The van der Waals surface area contributed by atoms with Gasteiger partial charge in [-0.15, -0.1) is 0 Å². The fourth-order valence-electron chi connectivity index (χ4n) is 3.30. The zero-order chi connectivity index (χ0) is 22.4. The summed E-state index contributed by atoms with van der Waals surface area (Å²) in [5, 5.41) is 8.80. The molecular formula is C21H13I2N3OS5. The highest BCUT2D eigenvalue weighted by molar-refractivity contribution is 14.1. The van der Waals surface area contributed by atoms with Gasteiger partial charge in [0.15, 0.2) is 0 Å². The minimum absolute atomic E-state index is 0.0857. The Morgan fingerprint density at radius 2 is 1.62 bits per heavy atom. The average Bonchev–Trinajstić information content (AvgIpc) is 3.38. The van der Waals surface area contributed by atoms with Crippen molar-refractivity contribution in [2.24, 2.45) is 5.10 Å². The van der Waals surface area contributed by atoms with E-state index in [9.17, 15) is 4.79 Å². The van der Waals surface area contributed by atoms with Crippen molar-refractivity contribution in [3.8, 4) is 0 Å². The Morgan fingerprint density at radius 3 is 2.28 bits per heavy atom. The first-order valence-electron chi connectivity index (χ1n) is 9.41. The van der Waals surface area contributed by atoms with E-state index >= 15 is 0 Å². The first-order valence-corrected chi connectivity index (χ1v) is 15.8. The molecule has 0 radical (unpaired) electrons. The molecule has 5 rings (SSSR count). The van der Waals surface area contributed by atoms with Crippen LogP contribution in [0.3, 0.4) is 0 Å². The second kappa shape index (κ2) is 9.66. The molecule has 0 spiro atoms. The Balaban J connectivity index is 1.68. The predicted octanol–water partition coefficient (Wildman–Crippen LogP) is 7.42. The molecule has 2 aromatic carbocycles. The maximum Gasteiger partial charge on any atom is 0.267 e. The molecule has 1 aromatic heterocycles. The maximum atomic E-state index is 12.7. The monoisotopic (exact) mass is 737 g/mol. The van der Waals surface area contributed by atoms with E-state index in [4.69, 9.17) is 17.3 Å². The molecule has 4 nitrogen and oxygen atoms in total. The molecule has 3 aromatic rings. The van der Waals surface area contributed by atoms with Crippen LogP contribution >= 0.6 is 102 Å². The van der Waals surface area contributed by atoms with Crippen molar-refractivity contribution in [3.05, 3.63) is 81.5 Å². The molecule has 0 aliphatic carbocycles. The van der Waals surface area contributed by atoms with E-state index in [1.165, 1.54) is 36.0 Å². The number of thioether (sulfide) groups is 2.